The zero-order chi connectivity index (χ0) is 22.2. The van der Waals surface area contributed by atoms with Crippen molar-refractivity contribution in [1.29, 1.82) is 0 Å². The minimum absolute atomic E-state index is 0.843. The molecule has 3 rings (SSSR count). The molecule has 2 aromatic heterocycles. The van der Waals surface area contributed by atoms with E-state index in [9.17, 15) is 0 Å². The highest BCUT2D eigenvalue weighted by Crippen LogP contribution is 2.07. The zero-order valence-electron chi connectivity index (χ0n) is 18.0. The first-order chi connectivity index (χ1) is 14.4. The molecule has 156 valence electrons. The number of nitrogens with one attached hydrogen (secondary N) is 3. The van der Waals surface area contributed by atoms with Gasteiger partial charge in [-0.2, -0.15) is 0 Å². The third kappa shape index (κ3) is 12.5. The fourth-order valence-electron chi connectivity index (χ4n) is 2.11. The molecule has 3 aromatic rings. The van der Waals surface area contributed by atoms with Crippen LogP contribution in [0.2, 0.25) is 0 Å². The van der Waals surface area contributed by atoms with Crippen molar-refractivity contribution in [2.75, 3.05) is 16.0 Å². The van der Waals surface area contributed by atoms with Crippen LogP contribution >= 0.6 is 0 Å². The molecule has 5 heteroatoms. The summed E-state index contributed by atoms with van der Waals surface area (Å²) in [6, 6.07) is 19.5. The maximum Gasteiger partial charge on any atom is 0.129 e. The summed E-state index contributed by atoms with van der Waals surface area (Å²) < 4.78 is 0. The molecule has 0 saturated carbocycles. The monoisotopic (exact) mass is 401 g/mol. The third-order valence-corrected chi connectivity index (χ3v) is 3.16. The Labute approximate surface area is 180 Å². The van der Waals surface area contributed by atoms with Gasteiger partial charge in [-0.3, -0.25) is 4.98 Å². The number of allylic oxidation sites excluding steroid dienone is 3. The largest absolute Gasteiger partial charge is 0.360 e. The van der Waals surface area contributed by atoms with Gasteiger partial charge in [-0.1, -0.05) is 44.0 Å². The summed E-state index contributed by atoms with van der Waals surface area (Å²) in [5.74, 6) is 0.843. The Morgan fingerprint density at radius 1 is 0.633 bits per heavy atom. The highest BCUT2D eigenvalue weighted by atomic mass is 15.0. The fourth-order valence-corrected chi connectivity index (χ4v) is 2.11. The summed E-state index contributed by atoms with van der Waals surface area (Å²) in [6.45, 7) is 16.9. The molecule has 0 radical (unpaired) electrons. The number of benzene rings is 1. The lowest BCUT2D eigenvalue weighted by Gasteiger charge is -2.02. The molecule has 0 aliphatic heterocycles. The van der Waals surface area contributed by atoms with Crippen molar-refractivity contribution in [2.24, 2.45) is 0 Å². The van der Waals surface area contributed by atoms with Gasteiger partial charge < -0.3 is 16.0 Å². The molecule has 2 heterocycles. The Kier molecular flexibility index (Phi) is 11.4. The van der Waals surface area contributed by atoms with E-state index in [-0.39, 0.29) is 0 Å². The van der Waals surface area contributed by atoms with Crippen LogP contribution in [0, 0.1) is 0 Å². The molecular formula is C25H31N5. The Morgan fingerprint density at radius 3 is 1.70 bits per heavy atom. The predicted molar refractivity (Wildman–Crippen MR) is 130 cm³/mol. The second-order valence-corrected chi connectivity index (χ2v) is 6.54. The Balaban J connectivity index is 0.000000225. The van der Waals surface area contributed by atoms with Crippen LogP contribution in [0.25, 0.3) is 0 Å². The lowest BCUT2D eigenvalue weighted by atomic mass is 10.3. The Morgan fingerprint density at radius 2 is 1.20 bits per heavy atom. The summed E-state index contributed by atoms with van der Waals surface area (Å²) in [4.78, 5) is 7.98. The van der Waals surface area contributed by atoms with Crippen molar-refractivity contribution in [1.82, 2.24) is 9.97 Å². The van der Waals surface area contributed by atoms with Gasteiger partial charge in [0.25, 0.3) is 0 Å². The molecule has 0 bridgehead atoms. The van der Waals surface area contributed by atoms with Gasteiger partial charge in [0.1, 0.15) is 5.82 Å². The number of aromatic nitrogens is 2. The minimum Gasteiger partial charge on any atom is -0.360 e. The lowest BCUT2D eigenvalue weighted by Crippen LogP contribution is -1.94. The standard InChI is InChI=1S/C9H11N.2C8H10N2/c1-8(2)10-9-6-4-3-5-7-9;1-7(2)10-8-4-3-5-9-6-8;1-7(2)10-8-5-3-4-6-9-8/h3-7,10H,1H2,2H3;3-6,10H,1H2,2H3;3-6H,1H2,2H3,(H,9,10). The Hall–Kier alpha value is -3.86. The van der Waals surface area contributed by atoms with Crippen molar-refractivity contribution in [3.8, 4) is 0 Å². The van der Waals surface area contributed by atoms with Gasteiger partial charge >= 0.3 is 0 Å². The quantitative estimate of drug-likeness (QED) is 0.430. The number of pyridine rings is 2. The number of anilines is 3. The van der Waals surface area contributed by atoms with Crippen LogP contribution in [-0.2, 0) is 0 Å². The summed E-state index contributed by atoms with van der Waals surface area (Å²) >= 11 is 0. The fraction of sp³-hybridized carbons (Fsp3) is 0.120. The first kappa shape index (κ1) is 24.2. The van der Waals surface area contributed by atoms with E-state index in [4.69, 9.17) is 0 Å². The van der Waals surface area contributed by atoms with E-state index >= 15 is 0 Å². The van der Waals surface area contributed by atoms with Gasteiger partial charge in [-0.15, -0.1) is 0 Å². The van der Waals surface area contributed by atoms with Gasteiger partial charge in [-0.25, -0.2) is 4.98 Å². The van der Waals surface area contributed by atoms with Crippen molar-refractivity contribution in [3.05, 3.63) is 116 Å². The molecule has 0 amide bonds. The molecule has 5 nitrogen and oxygen atoms in total. The number of rotatable bonds is 6. The van der Waals surface area contributed by atoms with E-state index in [1.54, 1.807) is 18.6 Å². The molecule has 1 aromatic carbocycles. The van der Waals surface area contributed by atoms with E-state index in [1.807, 2.05) is 81.4 Å². The molecular weight excluding hydrogens is 370 g/mol. The van der Waals surface area contributed by atoms with Crippen molar-refractivity contribution >= 4 is 17.2 Å². The van der Waals surface area contributed by atoms with Gasteiger partial charge in [0.2, 0.25) is 0 Å². The lowest BCUT2D eigenvalue weighted by molar-refractivity contribution is 1.26. The molecule has 30 heavy (non-hydrogen) atoms. The van der Waals surface area contributed by atoms with E-state index < -0.39 is 0 Å². The average Bonchev–Trinajstić information content (AvgIpc) is 2.70. The average molecular weight is 402 g/mol. The molecule has 0 fully saturated rings. The second kappa shape index (κ2) is 14.2. The molecule has 0 unspecified atom stereocenters. The summed E-state index contributed by atoms with van der Waals surface area (Å²) in [7, 11) is 0. The maximum absolute atomic E-state index is 4.05. The van der Waals surface area contributed by atoms with E-state index in [2.05, 4.69) is 45.7 Å². The van der Waals surface area contributed by atoms with Gasteiger partial charge in [-0.05, 0) is 57.2 Å². The van der Waals surface area contributed by atoms with E-state index in [0.717, 1.165) is 34.3 Å². The van der Waals surface area contributed by atoms with Crippen molar-refractivity contribution < 1.29 is 0 Å². The summed E-state index contributed by atoms with van der Waals surface area (Å²) in [5.41, 5.74) is 4.86. The topological polar surface area (TPSA) is 61.9 Å². The van der Waals surface area contributed by atoms with Crippen LogP contribution in [0.4, 0.5) is 17.2 Å². The van der Waals surface area contributed by atoms with Crippen LogP contribution in [0.15, 0.2) is 116 Å². The van der Waals surface area contributed by atoms with Gasteiger partial charge in [0.15, 0.2) is 0 Å². The smallest absolute Gasteiger partial charge is 0.129 e. The molecule has 0 aliphatic carbocycles. The zero-order valence-corrected chi connectivity index (χ0v) is 18.0. The Bertz CT molecular complexity index is 768. The number of hydrogen-bond acceptors (Lipinski definition) is 5. The third-order valence-electron chi connectivity index (χ3n) is 3.16. The molecule has 0 atom stereocenters. The summed E-state index contributed by atoms with van der Waals surface area (Å²) in [5, 5.41) is 9.16. The minimum atomic E-state index is 0.843. The van der Waals surface area contributed by atoms with E-state index in [1.165, 1.54) is 0 Å². The van der Waals surface area contributed by atoms with Gasteiger partial charge in [0, 0.05) is 35.2 Å². The van der Waals surface area contributed by atoms with Crippen LogP contribution < -0.4 is 16.0 Å². The normalized spacial score (nSPS) is 8.90. The first-order valence-electron chi connectivity index (χ1n) is 9.50. The summed E-state index contributed by atoms with van der Waals surface area (Å²) in [6.07, 6.45) is 5.24. The molecule has 0 aliphatic rings. The highest BCUT2D eigenvalue weighted by molar-refractivity contribution is 5.46. The maximum atomic E-state index is 4.05. The predicted octanol–water partition coefficient (Wildman–Crippen LogP) is 6.69. The van der Waals surface area contributed by atoms with Crippen molar-refractivity contribution in [2.45, 2.75) is 20.8 Å². The van der Waals surface area contributed by atoms with Gasteiger partial charge in [0.05, 0.1) is 11.9 Å². The first-order valence-corrected chi connectivity index (χ1v) is 9.50. The second-order valence-electron chi connectivity index (χ2n) is 6.54. The van der Waals surface area contributed by atoms with Crippen LogP contribution in [-0.4, -0.2) is 9.97 Å². The van der Waals surface area contributed by atoms with Crippen molar-refractivity contribution in [3.63, 3.8) is 0 Å². The number of nitrogens with zero attached hydrogens (tertiary/aromatic N) is 2. The van der Waals surface area contributed by atoms with Crippen LogP contribution in [0.1, 0.15) is 20.8 Å². The SMILES string of the molecule is C=C(C)Nc1ccccc1.C=C(C)Nc1ccccn1.C=C(C)Nc1cccnc1. The van der Waals surface area contributed by atoms with E-state index in [0.29, 0.717) is 0 Å². The molecule has 0 spiro atoms. The number of para-hydroxylation sites is 1. The molecule has 3 N–H and O–H groups in total. The highest BCUT2D eigenvalue weighted by Gasteiger charge is 1.88. The number of hydrogen-bond donors (Lipinski definition) is 3. The van der Waals surface area contributed by atoms with Crippen LogP contribution in [0.5, 0.6) is 0 Å². The van der Waals surface area contributed by atoms with Crippen LogP contribution in [0.3, 0.4) is 0 Å². The molecule has 0 saturated heterocycles.